The van der Waals surface area contributed by atoms with E-state index < -0.39 is 12.1 Å². The van der Waals surface area contributed by atoms with Crippen LogP contribution in [0.25, 0.3) is 0 Å². The molecule has 0 aliphatic carbocycles. The van der Waals surface area contributed by atoms with E-state index in [1.165, 1.54) is 22.8 Å². The molecule has 1 aromatic heterocycles. The fourth-order valence-corrected chi connectivity index (χ4v) is 3.89. The van der Waals surface area contributed by atoms with Crippen molar-refractivity contribution in [1.29, 1.82) is 0 Å². The molecule has 4 rings (SSSR count). The van der Waals surface area contributed by atoms with E-state index in [0.29, 0.717) is 5.69 Å². The van der Waals surface area contributed by atoms with Crippen LogP contribution in [0.3, 0.4) is 0 Å². The Hall–Kier alpha value is -2.69. The molecule has 11 heteroatoms. The molecule has 1 fully saturated rings. The van der Waals surface area contributed by atoms with Crippen LogP contribution in [-0.2, 0) is 10.2 Å². The summed E-state index contributed by atoms with van der Waals surface area (Å²) in [4.78, 5) is 23.1. The smallest absolute Gasteiger partial charge is 0.475 e. The van der Waals surface area contributed by atoms with Crippen LogP contribution in [-0.4, -0.2) is 57.3 Å². The molecule has 2 aliphatic heterocycles. The third-order valence-corrected chi connectivity index (χ3v) is 5.45. The molecule has 0 radical (unpaired) electrons. The molecule has 2 aliphatic rings. The quantitative estimate of drug-likeness (QED) is 0.745. The van der Waals surface area contributed by atoms with Gasteiger partial charge >= 0.3 is 12.1 Å². The van der Waals surface area contributed by atoms with Gasteiger partial charge in [-0.05, 0) is 36.0 Å². The van der Waals surface area contributed by atoms with Gasteiger partial charge in [0.05, 0.1) is 0 Å². The highest BCUT2D eigenvalue weighted by Crippen LogP contribution is 2.43. The summed E-state index contributed by atoms with van der Waals surface area (Å²) in [6.45, 7) is 2.55. The maximum Gasteiger partial charge on any atom is 0.490 e. The van der Waals surface area contributed by atoms with Gasteiger partial charge in [0.1, 0.15) is 0 Å². The zero-order chi connectivity index (χ0) is 20.4. The number of para-hydroxylation sites is 1. The maximum absolute atomic E-state index is 12.3. The molecule has 2 aromatic rings. The molecule has 0 atom stereocenters. The molecule has 7 nitrogen and oxygen atoms in total. The van der Waals surface area contributed by atoms with Crippen LogP contribution in [0.4, 0.5) is 18.9 Å². The second-order valence-electron chi connectivity index (χ2n) is 6.56. The van der Waals surface area contributed by atoms with E-state index in [-0.39, 0.29) is 11.3 Å². The Bertz CT molecular complexity index is 850. The number of piperidine rings is 1. The van der Waals surface area contributed by atoms with E-state index in [4.69, 9.17) is 9.90 Å². The number of hydrogen-bond donors (Lipinski definition) is 2. The molecular weight excluding hydrogens is 397 g/mol. The molecule has 28 heavy (non-hydrogen) atoms. The van der Waals surface area contributed by atoms with Gasteiger partial charge < -0.3 is 15.3 Å². The molecule has 1 aromatic carbocycles. The minimum absolute atomic E-state index is 0.0119. The Morgan fingerprint density at radius 1 is 1.21 bits per heavy atom. The topological polar surface area (TPSA) is 95.4 Å². The molecule has 1 amide bonds. The van der Waals surface area contributed by atoms with Crippen molar-refractivity contribution in [2.24, 2.45) is 0 Å². The fraction of sp³-hybridized carbons (Fsp3) is 0.412. The maximum atomic E-state index is 12.3. The number of anilines is 1. The fourth-order valence-electron chi connectivity index (χ4n) is 3.46. The lowest BCUT2D eigenvalue weighted by Crippen LogP contribution is -2.46. The van der Waals surface area contributed by atoms with E-state index in [9.17, 15) is 18.0 Å². The van der Waals surface area contributed by atoms with E-state index in [1.807, 2.05) is 4.90 Å². The van der Waals surface area contributed by atoms with Crippen molar-refractivity contribution in [2.45, 2.75) is 24.4 Å². The number of aromatic nitrogens is 2. The number of carboxylic acid groups (broad SMARTS) is 1. The lowest BCUT2D eigenvalue weighted by atomic mass is 9.74. The monoisotopic (exact) mass is 414 g/mol. The number of amides is 1. The number of alkyl halides is 3. The number of carbonyl (C=O) groups is 2. The molecule has 150 valence electrons. The van der Waals surface area contributed by atoms with Crippen molar-refractivity contribution in [2.75, 3.05) is 25.0 Å². The molecule has 3 heterocycles. The number of aliphatic carboxylic acids is 1. The summed E-state index contributed by atoms with van der Waals surface area (Å²) in [5.74, 6) is -2.75. The minimum atomic E-state index is -5.08. The number of nitrogens with zero attached hydrogens (tertiary/aromatic N) is 3. The predicted molar refractivity (Wildman–Crippen MR) is 95.3 cm³/mol. The van der Waals surface area contributed by atoms with Gasteiger partial charge in [-0.1, -0.05) is 22.7 Å². The molecular formula is C17H17F3N4O3S. The first-order chi connectivity index (χ1) is 13.2. The molecule has 0 unspecified atom stereocenters. The first-order valence-corrected chi connectivity index (χ1v) is 9.26. The van der Waals surface area contributed by atoms with Crippen LogP contribution in [0, 0.1) is 0 Å². The van der Waals surface area contributed by atoms with Crippen molar-refractivity contribution in [3.63, 3.8) is 0 Å². The molecule has 1 spiro atoms. The average Bonchev–Trinajstić information content (AvgIpc) is 3.31. The summed E-state index contributed by atoms with van der Waals surface area (Å²) in [5.41, 5.74) is 3.32. The Morgan fingerprint density at radius 2 is 1.86 bits per heavy atom. The van der Waals surface area contributed by atoms with Crippen LogP contribution in [0.2, 0.25) is 0 Å². The highest BCUT2D eigenvalue weighted by Gasteiger charge is 2.42. The summed E-state index contributed by atoms with van der Waals surface area (Å²) < 4.78 is 35.5. The molecule has 0 saturated carbocycles. The number of benzene rings is 1. The van der Waals surface area contributed by atoms with E-state index >= 15 is 0 Å². The second-order valence-corrected chi connectivity index (χ2v) is 7.17. The van der Waals surface area contributed by atoms with E-state index in [0.717, 1.165) is 32.5 Å². The summed E-state index contributed by atoms with van der Waals surface area (Å²) in [6, 6.07) is 8.53. The molecule has 0 bridgehead atoms. The van der Waals surface area contributed by atoms with Gasteiger partial charge in [0, 0.05) is 36.1 Å². The van der Waals surface area contributed by atoms with Crippen LogP contribution in [0.5, 0.6) is 0 Å². The Balaban J connectivity index is 0.000000279. The number of rotatable bonds is 1. The lowest BCUT2D eigenvalue weighted by molar-refractivity contribution is -0.192. The predicted octanol–water partition coefficient (Wildman–Crippen LogP) is 2.77. The number of fused-ring (bicyclic) bond motifs is 2. The Labute approximate surface area is 162 Å². The normalized spacial score (nSPS) is 17.3. The van der Waals surface area contributed by atoms with Crippen molar-refractivity contribution in [3.8, 4) is 0 Å². The molecule has 1 saturated heterocycles. The zero-order valence-electron chi connectivity index (χ0n) is 14.6. The van der Waals surface area contributed by atoms with Crippen molar-refractivity contribution in [3.05, 3.63) is 40.9 Å². The summed E-state index contributed by atoms with van der Waals surface area (Å²) in [5, 5.41) is 16.2. The SMILES string of the molecule is O=C(O)C(F)(F)F.O=C(c1csnn1)N1CCC2(CC1)CNc1ccccc12. The first-order valence-electron chi connectivity index (χ1n) is 8.43. The molecule has 2 N–H and O–H groups in total. The number of nitrogens with one attached hydrogen (secondary N) is 1. The van der Waals surface area contributed by atoms with Gasteiger partial charge in [0.2, 0.25) is 0 Å². The summed E-state index contributed by atoms with van der Waals surface area (Å²) in [7, 11) is 0. The largest absolute Gasteiger partial charge is 0.490 e. The first kappa shape index (κ1) is 20.1. The Kier molecular flexibility index (Phi) is 5.54. The van der Waals surface area contributed by atoms with Crippen LogP contribution < -0.4 is 5.32 Å². The van der Waals surface area contributed by atoms with Crippen LogP contribution >= 0.6 is 11.5 Å². The second kappa shape index (κ2) is 7.74. The number of carboxylic acids is 1. The van der Waals surface area contributed by atoms with Gasteiger partial charge in [-0.3, -0.25) is 4.79 Å². The number of carbonyl (C=O) groups excluding carboxylic acids is 1. The van der Waals surface area contributed by atoms with Gasteiger partial charge in [0.25, 0.3) is 5.91 Å². The van der Waals surface area contributed by atoms with Gasteiger partial charge in [-0.25, -0.2) is 4.79 Å². The van der Waals surface area contributed by atoms with E-state index in [2.05, 4.69) is 39.2 Å². The van der Waals surface area contributed by atoms with Gasteiger partial charge in [0.15, 0.2) is 5.69 Å². The number of halogens is 3. The number of hydrogen-bond acceptors (Lipinski definition) is 6. The van der Waals surface area contributed by atoms with Gasteiger partial charge in [-0.15, -0.1) is 5.10 Å². The standard InChI is InChI=1S/C15H16N4OS.C2HF3O2/c20-14(13-9-21-18-17-13)19-7-5-15(6-8-19)10-16-12-4-2-1-3-11(12)15;3-2(4,5)1(6)7/h1-4,9,16H,5-8,10H2;(H,6,7). The van der Waals surface area contributed by atoms with Crippen molar-refractivity contribution in [1.82, 2.24) is 14.5 Å². The van der Waals surface area contributed by atoms with Crippen LogP contribution in [0.15, 0.2) is 29.6 Å². The van der Waals surface area contributed by atoms with Crippen molar-refractivity contribution < 1.29 is 27.9 Å². The summed E-state index contributed by atoms with van der Waals surface area (Å²) in [6.07, 6.45) is -3.08. The minimum Gasteiger partial charge on any atom is -0.475 e. The average molecular weight is 414 g/mol. The van der Waals surface area contributed by atoms with Crippen LogP contribution in [0.1, 0.15) is 28.9 Å². The highest BCUT2D eigenvalue weighted by atomic mass is 32.1. The third-order valence-electron chi connectivity index (χ3n) is 4.95. The Morgan fingerprint density at radius 3 is 2.43 bits per heavy atom. The third kappa shape index (κ3) is 4.08. The number of likely N-dealkylation sites (tertiary alicyclic amines) is 1. The highest BCUT2D eigenvalue weighted by molar-refractivity contribution is 7.03. The summed E-state index contributed by atoms with van der Waals surface area (Å²) >= 11 is 1.22. The lowest BCUT2D eigenvalue weighted by Gasteiger charge is -2.39. The zero-order valence-corrected chi connectivity index (χ0v) is 15.4. The van der Waals surface area contributed by atoms with Crippen molar-refractivity contribution >= 4 is 29.1 Å². The van der Waals surface area contributed by atoms with Gasteiger partial charge in [-0.2, -0.15) is 13.2 Å². The van der Waals surface area contributed by atoms with E-state index in [1.54, 1.807) is 5.38 Å².